The molecule has 1 heterocycles. The quantitative estimate of drug-likeness (QED) is 0.788. The summed E-state index contributed by atoms with van der Waals surface area (Å²) >= 11 is 6.04. The Kier molecular flexibility index (Phi) is 5.93. The van der Waals surface area contributed by atoms with Crippen molar-refractivity contribution in [1.29, 1.82) is 0 Å². The predicted octanol–water partition coefficient (Wildman–Crippen LogP) is 3.89. The summed E-state index contributed by atoms with van der Waals surface area (Å²) in [5.74, 6) is 0.571. The zero-order chi connectivity index (χ0) is 16.8. The van der Waals surface area contributed by atoms with Gasteiger partial charge in [-0.2, -0.15) is 0 Å². The lowest BCUT2D eigenvalue weighted by Crippen LogP contribution is -2.14. The standard InChI is InChI=1S/C17H21ClN4O/c1-11-6-7-14(10-15(11)18)22-16(23)5-4-8-19-17-20-12(2)9-13(3)21-17/h6-7,9-10H,4-5,8H2,1-3H3,(H,22,23)(H,19,20,21). The number of benzene rings is 1. The average Bonchev–Trinajstić information content (AvgIpc) is 2.46. The van der Waals surface area contributed by atoms with Gasteiger partial charge in [-0.05, 0) is 51.0 Å². The molecule has 0 fully saturated rings. The number of nitrogens with zero attached hydrogens (tertiary/aromatic N) is 2. The van der Waals surface area contributed by atoms with Crippen molar-refractivity contribution in [3.8, 4) is 0 Å². The molecule has 23 heavy (non-hydrogen) atoms. The highest BCUT2D eigenvalue weighted by Gasteiger charge is 2.05. The molecule has 0 saturated carbocycles. The smallest absolute Gasteiger partial charge is 0.224 e. The van der Waals surface area contributed by atoms with Crippen LogP contribution in [-0.2, 0) is 4.79 Å². The zero-order valence-corrected chi connectivity index (χ0v) is 14.4. The molecule has 2 N–H and O–H groups in total. The van der Waals surface area contributed by atoms with Crippen molar-refractivity contribution >= 4 is 29.1 Å². The van der Waals surface area contributed by atoms with Crippen molar-refractivity contribution in [1.82, 2.24) is 9.97 Å². The lowest BCUT2D eigenvalue weighted by molar-refractivity contribution is -0.116. The van der Waals surface area contributed by atoms with E-state index in [1.165, 1.54) is 0 Å². The van der Waals surface area contributed by atoms with Crippen LogP contribution in [0.15, 0.2) is 24.3 Å². The van der Waals surface area contributed by atoms with Gasteiger partial charge in [0, 0.05) is 35.1 Å². The summed E-state index contributed by atoms with van der Waals surface area (Å²) < 4.78 is 0. The first-order valence-electron chi connectivity index (χ1n) is 7.56. The number of anilines is 2. The monoisotopic (exact) mass is 332 g/mol. The fourth-order valence-electron chi connectivity index (χ4n) is 2.15. The molecule has 0 radical (unpaired) electrons. The van der Waals surface area contributed by atoms with Gasteiger partial charge in [-0.3, -0.25) is 4.79 Å². The van der Waals surface area contributed by atoms with Crippen LogP contribution >= 0.6 is 11.6 Å². The Balaban J connectivity index is 1.75. The topological polar surface area (TPSA) is 66.9 Å². The molecule has 1 aromatic heterocycles. The predicted molar refractivity (Wildman–Crippen MR) is 94.0 cm³/mol. The first-order chi connectivity index (χ1) is 10.9. The molecule has 2 rings (SSSR count). The molecule has 122 valence electrons. The molecule has 2 aromatic rings. The fourth-order valence-corrected chi connectivity index (χ4v) is 2.33. The Hall–Kier alpha value is -2.14. The van der Waals surface area contributed by atoms with Crippen molar-refractivity contribution in [2.24, 2.45) is 0 Å². The zero-order valence-electron chi connectivity index (χ0n) is 13.6. The molecule has 5 nitrogen and oxygen atoms in total. The minimum atomic E-state index is -0.0342. The van der Waals surface area contributed by atoms with Gasteiger partial charge in [-0.25, -0.2) is 9.97 Å². The summed E-state index contributed by atoms with van der Waals surface area (Å²) in [5, 5.41) is 6.63. The van der Waals surface area contributed by atoms with E-state index in [-0.39, 0.29) is 5.91 Å². The number of halogens is 1. The molecule has 0 spiro atoms. The molecule has 0 aliphatic rings. The number of aromatic nitrogens is 2. The molecule has 0 unspecified atom stereocenters. The average molecular weight is 333 g/mol. The molecule has 6 heteroatoms. The first kappa shape index (κ1) is 17.2. The van der Waals surface area contributed by atoms with Crippen LogP contribution in [0, 0.1) is 20.8 Å². The molecule has 0 atom stereocenters. The largest absolute Gasteiger partial charge is 0.354 e. The van der Waals surface area contributed by atoms with E-state index in [0.29, 0.717) is 30.4 Å². The first-order valence-corrected chi connectivity index (χ1v) is 7.94. The Morgan fingerprint density at radius 2 is 1.83 bits per heavy atom. The number of carbonyl (C=O) groups is 1. The van der Waals surface area contributed by atoms with Gasteiger partial charge in [-0.1, -0.05) is 17.7 Å². The number of rotatable bonds is 6. The van der Waals surface area contributed by atoms with Crippen molar-refractivity contribution < 1.29 is 4.79 Å². The molecule has 1 amide bonds. The second kappa shape index (κ2) is 7.92. The van der Waals surface area contributed by atoms with Crippen LogP contribution < -0.4 is 10.6 Å². The van der Waals surface area contributed by atoms with Gasteiger partial charge in [0.25, 0.3) is 0 Å². The molecule has 0 aliphatic carbocycles. The van der Waals surface area contributed by atoms with E-state index in [0.717, 1.165) is 22.6 Å². The normalized spacial score (nSPS) is 10.4. The van der Waals surface area contributed by atoms with Gasteiger partial charge in [-0.15, -0.1) is 0 Å². The van der Waals surface area contributed by atoms with Gasteiger partial charge in [0.15, 0.2) is 0 Å². The Bertz CT molecular complexity index is 683. The summed E-state index contributed by atoms with van der Waals surface area (Å²) in [4.78, 5) is 20.5. The Morgan fingerprint density at radius 3 is 2.48 bits per heavy atom. The van der Waals surface area contributed by atoms with Gasteiger partial charge in [0.1, 0.15) is 0 Å². The number of aryl methyl sites for hydroxylation is 3. The van der Waals surface area contributed by atoms with Crippen LogP contribution in [0.2, 0.25) is 5.02 Å². The van der Waals surface area contributed by atoms with Crippen LogP contribution in [0.25, 0.3) is 0 Å². The van der Waals surface area contributed by atoms with Crippen LogP contribution in [0.1, 0.15) is 29.8 Å². The molecule has 1 aromatic carbocycles. The van der Waals surface area contributed by atoms with Crippen molar-refractivity contribution in [2.75, 3.05) is 17.2 Å². The Labute approximate surface area is 141 Å². The van der Waals surface area contributed by atoms with E-state index in [2.05, 4.69) is 20.6 Å². The maximum absolute atomic E-state index is 11.9. The molecular formula is C17H21ClN4O. The summed E-state index contributed by atoms with van der Waals surface area (Å²) in [6, 6.07) is 7.42. The van der Waals surface area contributed by atoms with Crippen molar-refractivity contribution in [2.45, 2.75) is 33.6 Å². The second-order valence-electron chi connectivity index (χ2n) is 5.52. The third kappa shape index (κ3) is 5.53. The highest BCUT2D eigenvalue weighted by atomic mass is 35.5. The van der Waals surface area contributed by atoms with Gasteiger partial charge < -0.3 is 10.6 Å². The van der Waals surface area contributed by atoms with Crippen molar-refractivity contribution in [3.05, 3.63) is 46.2 Å². The number of nitrogens with one attached hydrogen (secondary N) is 2. The van der Waals surface area contributed by atoms with Gasteiger partial charge in [0.2, 0.25) is 11.9 Å². The maximum atomic E-state index is 11.9. The SMILES string of the molecule is Cc1cc(C)nc(NCCCC(=O)Nc2ccc(C)c(Cl)c2)n1. The maximum Gasteiger partial charge on any atom is 0.224 e. The fraction of sp³-hybridized carbons (Fsp3) is 0.353. The highest BCUT2D eigenvalue weighted by Crippen LogP contribution is 2.20. The van der Waals surface area contributed by atoms with E-state index in [1.54, 1.807) is 6.07 Å². The third-order valence-electron chi connectivity index (χ3n) is 3.30. The van der Waals surface area contributed by atoms with E-state index >= 15 is 0 Å². The molecule has 0 aliphatic heterocycles. The van der Waals surface area contributed by atoms with E-state index < -0.39 is 0 Å². The minimum Gasteiger partial charge on any atom is -0.354 e. The van der Waals surface area contributed by atoms with Gasteiger partial charge >= 0.3 is 0 Å². The number of hydrogen-bond acceptors (Lipinski definition) is 4. The second-order valence-corrected chi connectivity index (χ2v) is 5.92. The highest BCUT2D eigenvalue weighted by molar-refractivity contribution is 6.31. The van der Waals surface area contributed by atoms with Gasteiger partial charge in [0.05, 0.1) is 0 Å². The van der Waals surface area contributed by atoms with E-state index in [9.17, 15) is 4.79 Å². The lowest BCUT2D eigenvalue weighted by atomic mass is 10.2. The minimum absolute atomic E-state index is 0.0342. The van der Waals surface area contributed by atoms with Crippen LogP contribution in [0.3, 0.4) is 0 Å². The summed E-state index contributed by atoms with van der Waals surface area (Å²) in [6.45, 7) is 6.43. The van der Waals surface area contributed by atoms with Crippen LogP contribution in [-0.4, -0.2) is 22.4 Å². The summed E-state index contributed by atoms with van der Waals surface area (Å²) in [6.07, 6.45) is 1.12. The number of hydrogen-bond donors (Lipinski definition) is 2. The van der Waals surface area contributed by atoms with E-state index in [1.807, 2.05) is 39.0 Å². The lowest BCUT2D eigenvalue weighted by Gasteiger charge is -2.08. The van der Waals surface area contributed by atoms with Crippen LogP contribution in [0.4, 0.5) is 11.6 Å². The van der Waals surface area contributed by atoms with Crippen molar-refractivity contribution in [3.63, 3.8) is 0 Å². The molecule has 0 saturated heterocycles. The third-order valence-corrected chi connectivity index (χ3v) is 3.71. The summed E-state index contributed by atoms with van der Waals surface area (Å²) in [5.41, 5.74) is 3.56. The molecular weight excluding hydrogens is 312 g/mol. The number of amides is 1. The summed E-state index contributed by atoms with van der Waals surface area (Å²) in [7, 11) is 0. The number of carbonyl (C=O) groups excluding carboxylic acids is 1. The van der Waals surface area contributed by atoms with Crippen LogP contribution in [0.5, 0.6) is 0 Å². The Morgan fingerprint density at radius 1 is 1.13 bits per heavy atom. The van der Waals surface area contributed by atoms with E-state index in [4.69, 9.17) is 11.6 Å². The molecule has 0 bridgehead atoms.